The number of unbranched alkanes of at least 4 members (excludes halogenated alkanes) is 3. The molecule has 16 heavy (non-hydrogen) atoms. The summed E-state index contributed by atoms with van der Waals surface area (Å²) in [6, 6.07) is 0. The Kier molecular flexibility index (Phi) is 9.02. The van der Waals surface area contributed by atoms with Crippen molar-refractivity contribution in [3.8, 4) is 0 Å². The smallest absolute Gasteiger partial charge is 0.00966 e. The van der Waals surface area contributed by atoms with Crippen LogP contribution in [0.5, 0.6) is 0 Å². The zero-order valence-corrected chi connectivity index (χ0v) is 12.2. The van der Waals surface area contributed by atoms with Crippen LogP contribution in [-0.4, -0.2) is 12.1 Å². The fourth-order valence-corrected chi connectivity index (χ4v) is 2.07. The zero-order valence-electron chi connectivity index (χ0n) is 12.2. The fourth-order valence-electron chi connectivity index (χ4n) is 2.07. The Morgan fingerprint density at radius 3 is 2.06 bits per heavy atom. The molecule has 0 saturated carbocycles. The molecule has 0 aliphatic rings. The van der Waals surface area contributed by atoms with Crippen LogP contribution in [-0.2, 0) is 0 Å². The lowest BCUT2D eigenvalue weighted by molar-refractivity contribution is 0.336. The van der Waals surface area contributed by atoms with Crippen molar-refractivity contribution in [3.05, 3.63) is 0 Å². The van der Waals surface area contributed by atoms with Crippen LogP contribution >= 0.6 is 0 Å². The van der Waals surface area contributed by atoms with Crippen molar-refractivity contribution < 1.29 is 0 Å². The van der Waals surface area contributed by atoms with Crippen molar-refractivity contribution in [3.63, 3.8) is 0 Å². The molecule has 1 atom stereocenters. The Morgan fingerprint density at radius 1 is 0.875 bits per heavy atom. The molecule has 0 aliphatic carbocycles. The summed E-state index contributed by atoms with van der Waals surface area (Å²) in [6.45, 7) is 12.6. The van der Waals surface area contributed by atoms with Crippen molar-refractivity contribution in [1.29, 1.82) is 0 Å². The second-order valence-corrected chi connectivity index (χ2v) is 6.13. The summed E-state index contributed by atoms with van der Waals surface area (Å²) in [6.07, 6.45) is 9.72. The van der Waals surface area contributed by atoms with Gasteiger partial charge >= 0.3 is 0 Å². The van der Waals surface area contributed by atoms with Crippen LogP contribution in [0.15, 0.2) is 0 Å². The highest BCUT2D eigenvalue weighted by molar-refractivity contribution is 4.73. The minimum atomic E-state index is 0.273. The summed E-state index contributed by atoms with van der Waals surface area (Å²) in [5.41, 5.74) is 0.273. The zero-order chi connectivity index (χ0) is 12.4. The molecule has 0 saturated heterocycles. The third-order valence-corrected chi connectivity index (χ3v) is 3.08. The first kappa shape index (κ1) is 16.0. The lowest BCUT2D eigenvalue weighted by atomic mass is 9.95. The van der Waals surface area contributed by atoms with Gasteiger partial charge in [0.1, 0.15) is 0 Å². The summed E-state index contributed by atoms with van der Waals surface area (Å²) >= 11 is 0. The SMILES string of the molecule is CCCCCCC(CCC)CNC(C)(C)C. The molecule has 0 aromatic carbocycles. The highest BCUT2D eigenvalue weighted by atomic mass is 14.9. The largest absolute Gasteiger partial charge is 0.312 e. The Bertz CT molecular complexity index is 146. The Hall–Kier alpha value is -0.0400. The molecule has 0 heterocycles. The van der Waals surface area contributed by atoms with Gasteiger partial charge in [-0.1, -0.05) is 46.0 Å². The Balaban J connectivity index is 3.70. The van der Waals surface area contributed by atoms with Crippen molar-refractivity contribution in [1.82, 2.24) is 5.32 Å². The molecule has 0 aliphatic heterocycles. The van der Waals surface area contributed by atoms with E-state index in [1.807, 2.05) is 0 Å². The van der Waals surface area contributed by atoms with E-state index < -0.39 is 0 Å². The fraction of sp³-hybridized carbons (Fsp3) is 1.00. The summed E-state index contributed by atoms with van der Waals surface area (Å²) in [4.78, 5) is 0. The highest BCUT2D eigenvalue weighted by Crippen LogP contribution is 2.16. The van der Waals surface area contributed by atoms with Crippen LogP contribution in [0, 0.1) is 5.92 Å². The average molecular weight is 227 g/mol. The Morgan fingerprint density at radius 2 is 1.56 bits per heavy atom. The van der Waals surface area contributed by atoms with Gasteiger partial charge in [-0.3, -0.25) is 0 Å². The molecule has 0 aromatic rings. The molecule has 0 radical (unpaired) electrons. The van der Waals surface area contributed by atoms with Crippen LogP contribution in [0.3, 0.4) is 0 Å². The summed E-state index contributed by atoms with van der Waals surface area (Å²) in [5.74, 6) is 0.890. The van der Waals surface area contributed by atoms with Gasteiger partial charge in [0.2, 0.25) is 0 Å². The van der Waals surface area contributed by atoms with Gasteiger partial charge in [0.25, 0.3) is 0 Å². The van der Waals surface area contributed by atoms with E-state index in [0.717, 1.165) is 5.92 Å². The average Bonchev–Trinajstić information content (AvgIpc) is 2.19. The van der Waals surface area contributed by atoms with E-state index in [0.29, 0.717) is 0 Å². The van der Waals surface area contributed by atoms with Crippen LogP contribution in [0.2, 0.25) is 0 Å². The highest BCUT2D eigenvalue weighted by Gasteiger charge is 2.13. The lowest BCUT2D eigenvalue weighted by Crippen LogP contribution is -2.39. The van der Waals surface area contributed by atoms with E-state index >= 15 is 0 Å². The van der Waals surface area contributed by atoms with Crippen molar-refractivity contribution in [2.75, 3.05) is 6.54 Å². The molecule has 0 aromatic heterocycles. The normalized spacial score (nSPS) is 14.1. The maximum absolute atomic E-state index is 3.65. The van der Waals surface area contributed by atoms with Crippen LogP contribution in [0.4, 0.5) is 0 Å². The van der Waals surface area contributed by atoms with Gasteiger partial charge < -0.3 is 5.32 Å². The van der Waals surface area contributed by atoms with Gasteiger partial charge in [-0.05, 0) is 46.1 Å². The molecule has 0 spiro atoms. The predicted molar refractivity (Wildman–Crippen MR) is 74.9 cm³/mol. The maximum Gasteiger partial charge on any atom is 0.00966 e. The van der Waals surface area contributed by atoms with E-state index in [2.05, 4.69) is 39.9 Å². The molecule has 0 fully saturated rings. The minimum absolute atomic E-state index is 0.273. The summed E-state index contributed by atoms with van der Waals surface area (Å²) in [7, 11) is 0. The molecule has 1 unspecified atom stereocenters. The summed E-state index contributed by atoms with van der Waals surface area (Å²) < 4.78 is 0. The van der Waals surface area contributed by atoms with Crippen molar-refractivity contribution >= 4 is 0 Å². The number of nitrogens with one attached hydrogen (secondary N) is 1. The quantitative estimate of drug-likeness (QED) is 0.560. The second kappa shape index (κ2) is 9.04. The number of hydrogen-bond donors (Lipinski definition) is 1. The van der Waals surface area contributed by atoms with Crippen LogP contribution in [0.1, 0.15) is 79.6 Å². The van der Waals surface area contributed by atoms with Gasteiger partial charge in [0.05, 0.1) is 0 Å². The van der Waals surface area contributed by atoms with Crippen molar-refractivity contribution in [2.24, 2.45) is 5.92 Å². The third-order valence-electron chi connectivity index (χ3n) is 3.08. The first-order valence-corrected chi connectivity index (χ1v) is 7.24. The molecule has 1 nitrogen and oxygen atoms in total. The van der Waals surface area contributed by atoms with E-state index in [4.69, 9.17) is 0 Å². The molecule has 0 bridgehead atoms. The predicted octanol–water partition coefficient (Wildman–Crippen LogP) is 4.76. The van der Waals surface area contributed by atoms with Gasteiger partial charge in [-0.2, -0.15) is 0 Å². The topological polar surface area (TPSA) is 12.0 Å². The van der Waals surface area contributed by atoms with Crippen molar-refractivity contribution in [2.45, 2.75) is 85.1 Å². The van der Waals surface area contributed by atoms with Crippen LogP contribution in [0.25, 0.3) is 0 Å². The maximum atomic E-state index is 3.65. The van der Waals surface area contributed by atoms with Gasteiger partial charge in [-0.15, -0.1) is 0 Å². The minimum Gasteiger partial charge on any atom is -0.312 e. The first-order chi connectivity index (χ1) is 7.49. The lowest BCUT2D eigenvalue weighted by Gasteiger charge is -2.25. The van der Waals surface area contributed by atoms with Crippen LogP contribution < -0.4 is 5.32 Å². The standard InChI is InChI=1S/C15H33N/c1-6-8-9-10-12-14(11-7-2)13-16-15(3,4)5/h14,16H,6-13H2,1-5H3. The molecular formula is C15H33N. The molecule has 1 N–H and O–H groups in total. The molecular weight excluding hydrogens is 194 g/mol. The van der Waals surface area contributed by atoms with Gasteiger partial charge in [0.15, 0.2) is 0 Å². The monoisotopic (exact) mass is 227 g/mol. The molecule has 0 amide bonds. The van der Waals surface area contributed by atoms with Gasteiger partial charge in [-0.25, -0.2) is 0 Å². The molecule has 0 rings (SSSR count). The number of hydrogen-bond acceptors (Lipinski definition) is 1. The molecule has 1 heteroatoms. The number of rotatable bonds is 9. The summed E-state index contributed by atoms with van der Waals surface area (Å²) in [5, 5.41) is 3.65. The van der Waals surface area contributed by atoms with E-state index in [1.54, 1.807) is 0 Å². The Labute approximate surface area is 103 Å². The molecule has 98 valence electrons. The first-order valence-electron chi connectivity index (χ1n) is 7.24. The second-order valence-electron chi connectivity index (χ2n) is 6.13. The van der Waals surface area contributed by atoms with Gasteiger partial charge in [0, 0.05) is 5.54 Å². The third kappa shape index (κ3) is 10.5. The van der Waals surface area contributed by atoms with E-state index in [-0.39, 0.29) is 5.54 Å². The van der Waals surface area contributed by atoms with E-state index in [9.17, 15) is 0 Å². The van der Waals surface area contributed by atoms with E-state index in [1.165, 1.54) is 51.5 Å².